The highest BCUT2D eigenvalue weighted by molar-refractivity contribution is 5.22. The Morgan fingerprint density at radius 2 is 2.18 bits per heavy atom. The number of hydrogen-bond acceptors (Lipinski definition) is 2. The molecule has 0 radical (unpaired) electrons. The van der Waals surface area contributed by atoms with Gasteiger partial charge in [-0.1, -0.05) is 29.8 Å². The number of nitrogens with one attached hydrogen (secondary N) is 1. The Labute approximate surface area is 103 Å². The normalized spacial score (nSPS) is 28.5. The van der Waals surface area contributed by atoms with Crippen LogP contribution in [0.4, 0.5) is 0 Å². The Bertz CT molecular complexity index is 386. The van der Waals surface area contributed by atoms with E-state index in [9.17, 15) is 0 Å². The summed E-state index contributed by atoms with van der Waals surface area (Å²) in [4.78, 5) is 0. The maximum atomic E-state index is 5.84. The molecule has 2 aliphatic rings. The molecule has 1 saturated carbocycles. The summed E-state index contributed by atoms with van der Waals surface area (Å²) in [5.74, 6) is 0.840. The van der Waals surface area contributed by atoms with Gasteiger partial charge in [-0.2, -0.15) is 0 Å². The van der Waals surface area contributed by atoms with Crippen LogP contribution in [-0.4, -0.2) is 18.8 Å². The van der Waals surface area contributed by atoms with Crippen molar-refractivity contribution in [2.45, 2.75) is 44.9 Å². The van der Waals surface area contributed by atoms with Gasteiger partial charge in [0.1, 0.15) is 0 Å². The van der Waals surface area contributed by atoms with E-state index in [2.05, 4.69) is 36.5 Å². The first kappa shape index (κ1) is 11.2. The predicted octanol–water partition coefficient (Wildman–Crippen LogP) is 2.65. The lowest BCUT2D eigenvalue weighted by Gasteiger charge is -2.19. The van der Waals surface area contributed by atoms with E-state index in [0.717, 1.165) is 19.1 Å². The van der Waals surface area contributed by atoms with E-state index < -0.39 is 0 Å². The molecule has 0 spiro atoms. The van der Waals surface area contributed by atoms with Gasteiger partial charge in [-0.3, -0.25) is 0 Å². The van der Waals surface area contributed by atoms with Crippen molar-refractivity contribution in [1.29, 1.82) is 0 Å². The highest BCUT2D eigenvalue weighted by Gasteiger charge is 2.40. The summed E-state index contributed by atoms with van der Waals surface area (Å²) >= 11 is 0. The van der Waals surface area contributed by atoms with Crippen LogP contribution < -0.4 is 5.32 Å². The summed E-state index contributed by atoms with van der Waals surface area (Å²) in [5.41, 5.74) is 2.72. The minimum absolute atomic E-state index is 0.486. The van der Waals surface area contributed by atoms with E-state index >= 15 is 0 Å². The van der Waals surface area contributed by atoms with Crippen molar-refractivity contribution in [1.82, 2.24) is 5.32 Å². The summed E-state index contributed by atoms with van der Waals surface area (Å²) in [6, 6.07) is 9.31. The molecule has 2 unspecified atom stereocenters. The molecule has 3 rings (SSSR count). The molecule has 17 heavy (non-hydrogen) atoms. The molecular weight excluding hydrogens is 210 g/mol. The SMILES string of the molecule is Cc1cccc(CNC2CCOC2C2CC2)c1. The summed E-state index contributed by atoms with van der Waals surface area (Å²) < 4.78 is 5.84. The van der Waals surface area contributed by atoms with E-state index in [1.54, 1.807) is 0 Å². The Hall–Kier alpha value is -0.860. The first-order valence-electron chi connectivity index (χ1n) is 6.73. The number of rotatable bonds is 4. The second kappa shape index (κ2) is 4.79. The molecule has 0 bridgehead atoms. The predicted molar refractivity (Wildman–Crippen MR) is 68.9 cm³/mol. The molecule has 2 nitrogen and oxygen atoms in total. The van der Waals surface area contributed by atoms with Gasteiger partial charge in [0.25, 0.3) is 0 Å². The van der Waals surface area contributed by atoms with Crippen LogP contribution >= 0.6 is 0 Å². The van der Waals surface area contributed by atoms with Crippen LogP contribution in [0.5, 0.6) is 0 Å². The highest BCUT2D eigenvalue weighted by atomic mass is 16.5. The van der Waals surface area contributed by atoms with Gasteiger partial charge < -0.3 is 10.1 Å². The second-order valence-corrected chi connectivity index (χ2v) is 5.44. The van der Waals surface area contributed by atoms with E-state index in [0.29, 0.717) is 12.1 Å². The molecule has 1 N–H and O–H groups in total. The van der Waals surface area contributed by atoms with E-state index in [4.69, 9.17) is 4.74 Å². The molecule has 1 saturated heterocycles. The molecule has 1 aliphatic heterocycles. The minimum Gasteiger partial charge on any atom is -0.376 e. The Morgan fingerprint density at radius 3 is 2.94 bits per heavy atom. The molecule has 2 atom stereocenters. The fourth-order valence-corrected chi connectivity index (χ4v) is 2.79. The lowest BCUT2D eigenvalue weighted by molar-refractivity contribution is 0.0809. The van der Waals surface area contributed by atoms with E-state index in [1.165, 1.54) is 30.4 Å². The lowest BCUT2D eigenvalue weighted by atomic mass is 10.1. The van der Waals surface area contributed by atoms with Crippen molar-refractivity contribution in [2.75, 3.05) is 6.61 Å². The third kappa shape index (κ3) is 2.70. The molecule has 1 aromatic rings. The van der Waals surface area contributed by atoms with Gasteiger partial charge in [0.15, 0.2) is 0 Å². The number of aryl methyl sites for hydroxylation is 1. The minimum atomic E-state index is 0.486. The van der Waals surface area contributed by atoms with E-state index in [-0.39, 0.29) is 0 Å². The summed E-state index contributed by atoms with van der Waals surface area (Å²) in [6.45, 7) is 4.06. The van der Waals surface area contributed by atoms with Crippen molar-refractivity contribution < 1.29 is 4.74 Å². The maximum Gasteiger partial charge on any atom is 0.0757 e. The molecule has 0 aromatic heterocycles. The zero-order valence-corrected chi connectivity index (χ0v) is 10.5. The van der Waals surface area contributed by atoms with Crippen molar-refractivity contribution in [3.8, 4) is 0 Å². The average Bonchev–Trinajstić information content (AvgIpc) is 3.06. The number of hydrogen-bond donors (Lipinski definition) is 1. The van der Waals surface area contributed by atoms with Crippen LogP contribution in [0.25, 0.3) is 0 Å². The summed E-state index contributed by atoms with van der Waals surface area (Å²) in [5, 5.41) is 3.67. The van der Waals surface area contributed by atoms with Gasteiger partial charge >= 0.3 is 0 Å². The molecule has 1 aromatic carbocycles. The molecule has 2 fully saturated rings. The van der Waals surface area contributed by atoms with Gasteiger partial charge in [-0.25, -0.2) is 0 Å². The first-order chi connectivity index (χ1) is 8.33. The maximum absolute atomic E-state index is 5.84. The zero-order chi connectivity index (χ0) is 11.7. The van der Waals surface area contributed by atoms with Gasteiger partial charge in [0, 0.05) is 19.2 Å². The van der Waals surface area contributed by atoms with Crippen molar-refractivity contribution in [2.24, 2.45) is 5.92 Å². The van der Waals surface area contributed by atoms with Crippen LogP contribution in [0.2, 0.25) is 0 Å². The largest absolute Gasteiger partial charge is 0.376 e. The van der Waals surface area contributed by atoms with Crippen LogP contribution in [0.1, 0.15) is 30.4 Å². The van der Waals surface area contributed by atoms with Crippen LogP contribution in [0, 0.1) is 12.8 Å². The molecule has 1 heterocycles. The van der Waals surface area contributed by atoms with Crippen LogP contribution in [-0.2, 0) is 11.3 Å². The molecule has 92 valence electrons. The Morgan fingerprint density at radius 1 is 1.29 bits per heavy atom. The third-order valence-corrected chi connectivity index (χ3v) is 3.87. The third-order valence-electron chi connectivity index (χ3n) is 3.87. The molecule has 2 heteroatoms. The standard InChI is InChI=1S/C15H21NO/c1-11-3-2-4-12(9-11)10-16-14-7-8-17-15(14)13-5-6-13/h2-4,9,13-16H,5-8,10H2,1H3. The van der Waals surface area contributed by atoms with E-state index in [1.807, 2.05) is 0 Å². The lowest BCUT2D eigenvalue weighted by Crippen LogP contribution is -2.37. The van der Waals surface area contributed by atoms with Crippen LogP contribution in [0.3, 0.4) is 0 Å². The Kier molecular flexibility index (Phi) is 3.17. The van der Waals surface area contributed by atoms with Crippen LogP contribution in [0.15, 0.2) is 24.3 Å². The molecular formula is C15H21NO. The number of ether oxygens (including phenoxy) is 1. The summed E-state index contributed by atoms with van der Waals surface area (Å²) in [7, 11) is 0. The highest BCUT2D eigenvalue weighted by Crippen LogP contribution is 2.38. The fraction of sp³-hybridized carbons (Fsp3) is 0.600. The Balaban J connectivity index is 1.56. The van der Waals surface area contributed by atoms with Crippen molar-refractivity contribution in [3.63, 3.8) is 0 Å². The number of benzene rings is 1. The first-order valence-corrected chi connectivity index (χ1v) is 6.73. The van der Waals surface area contributed by atoms with Crippen molar-refractivity contribution in [3.05, 3.63) is 35.4 Å². The monoisotopic (exact) mass is 231 g/mol. The molecule has 0 amide bonds. The second-order valence-electron chi connectivity index (χ2n) is 5.44. The van der Waals surface area contributed by atoms with Crippen molar-refractivity contribution >= 4 is 0 Å². The molecule has 1 aliphatic carbocycles. The van der Waals surface area contributed by atoms with Gasteiger partial charge in [-0.05, 0) is 37.7 Å². The van der Waals surface area contributed by atoms with Gasteiger partial charge in [0.05, 0.1) is 6.10 Å². The smallest absolute Gasteiger partial charge is 0.0757 e. The van der Waals surface area contributed by atoms with Gasteiger partial charge in [-0.15, -0.1) is 0 Å². The fourth-order valence-electron chi connectivity index (χ4n) is 2.79. The van der Waals surface area contributed by atoms with Gasteiger partial charge in [0.2, 0.25) is 0 Å². The topological polar surface area (TPSA) is 21.3 Å². The quantitative estimate of drug-likeness (QED) is 0.860. The average molecular weight is 231 g/mol. The zero-order valence-electron chi connectivity index (χ0n) is 10.5. The summed E-state index contributed by atoms with van der Waals surface area (Å²) in [6.07, 6.45) is 4.40.